The summed E-state index contributed by atoms with van der Waals surface area (Å²) in [6, 6.07) is 25.0. The number of rotatable bonds is 7. The maximum atomic E-state index is 12.8. The van der Waals surface area contributed by atoms with E-state index in [0.29, 0.717) is 12.1 Å². The third kappa shape index (κ3) is 6.17. The van der Waals surface area contributed by atoms with Gasteiger partial charge in [0.1, 0.15) is 5.70 Å². The summed E-state index contributed by atoms with van der Waals surface area (Å²) < 4.78 is 0. The van der Waals surface area contributed by atoms with Gasteiger partial charge in [-0.1, -0.05) is 77.9 Å². The lowest BCUT2D eigenvalue weighted by Crippen LogP contribution is -2.35. The first-order chi connectivity index (χ1) is 14.5. The van der Waals surface area contributed by atoms with Gasteiger partial charge in [0.05, 0.1) is 0 Å². The number of nitrogens with one attached hydrogen (secondary N) is 2. The second-order valence-electron chi connectivity index (χ2n) is 7.28. The van der Waals surface area contributed by atoms with E-state index in [1.54, 1.807) is 18.2 Å². The molecule has 0 spiro atoms. The van der Waals surface area contributed by atoms with Crippen LogP contribution in [0.15, 0.2) is 84.6 Å². The van der Waals surface area contributed by atoms with Crippen LogP contribution in [0.2, 0.25) is 0 Å². The second-order valence-corrected chi connectivity index (χ2v) is 7.28. The molecule has 4 heteroatoms. The van der Waals surface area contributed by atoms with E-state index in [1.165, 1.54) is 0 Å². The molecule has 0 saturated heterocycles. The Morgan fingerprint density at radius 3 is 2.03 bits per heavy atom. The molecule has 2 N–H and O–H groups in total. The van der Waals surface area contributed by atoms with Crippen LogP contribution in [0.1, 0.15) is 32.6 Å². The summed E-state index contributed by atoms with van der Waals surface area (Å²) in [5.74, 6) is -0.626. The van der Waals surface area contributed by atoms with Crippen LogP contribution < -0.4 is 10.6 Å². The molecular weight excluding hydrogens is 372 g/mol. The Morgan fingerprint density at radius 2 is 1.40 bits per heavy atom. The molecule has 0 aliphatic rings. The van der Waals surface area contributed by atoms with E-state index in [9.17, 15) is 9.59 Å². The van der Waals surface area contributed by atoms with Gasteiger partial charge in [0.15, 0.2) is 0 Å². The highest BCUT2D eigenvalue weighted by Crippen LogP contribution is 2.10. The summed E-state index contributed by atoms with van der Waals surface area (Å²) in [6.07, 6.45) is 2.42. The maximum absolute atomic E-state index is 12.8. The van der Waals surface area contributed by atoms with Crippen LogP contribution in [-0.4, -0.2) is 18.4 Å². The molecule has 30 heavy (non-hydrogen) atoms. The SMILES string of the molecule is Cc1ccc(/C=C(/NC(=O)c2ccc(C)cc2)C(=O)NCCc2ccccc2)cc1. The first kappa shape index (κ1) is 21.1. The van der Waals surface area contributed by atoms with Crippen LogP contribution in [0.5, 0.6) is 0 Å². The first-order valence-electron chi connectivity index (χ1n) is 10.00. The fourth-order valence-corrected chi connectivity index (χ4v) is 2.95. The van der Waals surface area contributed by atoms with Gasteiger partial charge < -0.3 is 10.6 Å². The van der Waals surface area contributed by atoms with Gasteiger partial charge in [-0.15, -0.1) is 0 Å². The van der Waals surface area contributed by atoms with Gasteiger partial charge in [0.25, 0.3) is 11.8 Å². The number of aryl methyl sites for hydroxylation is 2. The minimum absolute atomic E-state index is 0.220. The summed E-state index contributed by atoms with van der Waals surface area (Å²) in [6.45, 7) is 4.45. The third-order valence-electron chi connectivity index (χ3n) is 4.74. The Labute approximate surface area is 177 Å². The second kappa shape index (κ2) is 10.2. The highest BCUT2D eigenvalue weighted by atomic mass is 16.2. The Bertz CT molecular complexity index is 1020. The van der Waals surface area contributed by atoms with E-state index in [0.717, 1.165) is 28.7 Å². The fourth-order valence-electron chi connectivity index (χ4n) is 2.95. The van der Waals surface area contributed by atoms with Gasteiger partial charge in [-0.3, -0.25) is 9.59 Å². The summed E-state index contributed by atoms with van der Waals surface area (Å²) in [5, 5.41) is 5.68. The zero-order valence-electron chi connectivity index (χ0n) is 17.3. The van der Waals surface area contributed by atoms with E-state index in [-0.39, 0.29) is 17.5 Å². The molecule has 0 saturated carbocycles. The van der Waals surface area contributed by atoms with Crippen molar-refractivity contribution in [3.63, 3.8) is 0 Å². The summed E-state index contributed by atoms with van der Waals surface area (Å²) in [5.41, 5.74) is 4.92. The third-order valence-corrected chi connectivity index (χ3v) is 4.74. The number of benzene rings is 3. The molecule has 0 fully saturated rings. The lowest BCUT2D eigenvalue weighted by atomic mass is 10.1. The molecule has 3 aromatic carbocycles. The predicted octanol–water partition coefficient (Wildman–Crippen LogP) is 4.43. The molecule has 2 amide bonds. The predicted molar refractivity (Wildman–Crippen MR) is 121 cm³/mol. The number of carbonyl (C=O) groups excluding carboxylic acids is 2. The normalized spacial score (nSPS) is 11.1. The van der Waals surface area contributed by atoms with E-state index in [1.807, 2.05) is 80.6 Å². The van der Waals surface area contributed by atoms with Crippen LogP contribution in [0.25, 0.3) is 6.08 Å². The van der Waals surface area contributed by atoms with E-state index in [2.05, 4.69) is 10.6 Å². The zero-order chi connectivity index (χ0) is 21.3. The lowest BCUT2D eigenvalue weighted by Gasteiger charge is -2.12. The molecule has 3 rings (SSSR count). The molecule has 0 aromatic heterocycles. The van der Waals surface area contributed by atoms with Gasteiger partial charge in [-0.05, 0) is 49.6 Å². The average molecular weight is 399 g/mol. The highest BCUT2D eigenvalue weighted by Gasteiger charge is 2.14. The first-order valence-corrected chi connectivity index (χ1v) is 10.00. The Morgan fingerprint density at radius 1 is 0.800 bits per heavy atom. The number of hydrogen-bond acceptors (Lipinski definition) is 2. The van der Waals surface area contributed by atoms with Crippen molar-refractivity contribution in [3.8, 4) is 0 Å². The molecule has 3 aromatic rings. The minimum atomic E-state index is -0.313. The minimum Gasteiger partial charge on any atom is -0.350 e. The molecule has 0 heterocycles. The number of amides is 2. The van der Waals surface area contributed by atoms with Gasteiger partial charge >= 0.3 is 0 Å². The van der Waals surface area contributed by atoms with Crippen molar-refractivity contribution in [2.45, 2.75) is 20.3 Å². The van der Waals surface area contributed by atoms with Crippen molar-refractivity contribution in [1.29, 1.82) is 0 Å². The van der Waals surface area contributed by atoms with Crippen LogP contribution in [0.3, 0.4) is 0 Å². The molecule has 4 nitrogen and oxygen atoms in total. The largest absolute Gasteiger partial charge is 0.350 e. The highest BCUT2D eigenvalue weighted by molar-refractivity contribution is 6.05. The summed E-state index contributed by atoms with van der Waals surface area (Å²) in [7, 11) is 0. The van der Waals surface area contributed by atoms with E-state index >= 15 is 0 Å². The van der Waals surface area contributed by atoms with Crippen LogP contribution in [0, 0.1) is 13.8 Å². The van der Waals surface area contributed by atoms with E-state index < -0.39 is 0 Å². The van der Waals surface area contributed by atoms with Crippen LogP contribution in [0.4, 0.5) is 0 Å². The molecule has 0 aliphatic carbocycles. The van der Waals surface area contributed by atoms with Gasteiger partial charge in [-0.2, -0.15) is 0 Å². The maximum Gasteiger partial charge on any atom is 0.267 e. The standard InChI is InChI=1S/C26H26N2O2/c1-19-8-12-22(13-9-19)18-24(28-25(29)23-14-10-20(2)11-15-23)26(30)27-17-16-21-6-4-3-5-7-21/h3-15,18H,16-17H2,1-2H3,(H,27,30)(H,28,29)/b24-18+. The monoisotopic (exact) mass is 398 g/mol. The van der Waals surface area contributed by atoms with Crippen molar-refractivity contribution in [3.05, 3.63) is 112 Å². The molecule has 0 unspecified atom stereocenters. The molecular formula is C26H26N2O2. The van der Waals surface area contributed by atoms with Gasteiger partial charge in [0.2, 0.25) is 0 Å². The fraction of sp³-hybridized carbons (Fsp3) is 0.154. The molecule has 0 aliphatic heterocycles. The summed E-state index contributed by atoms with van der Waals surface area (Å²) in [4.78, 5) is 25.5. The van der Waals surface area contributed by atoms with Gasteiger partial charge in [-0.25, -0.2) is 0 Å². The van der Waals surface area contributed by atoms with Crippen LogP contribution >= 0.6 is 0 Å². The molecule has 0 bridgehead atoms. The summed E-state index contributed by atoms with van der Waals surface area (Å²) >= 11 is 0. The molecule has 0 radical (unpaired) electrons. The van der Waals surface area contributed by atoms with Crippen molar-refractivity contribution in [2.24, 2.45) is 0 Å². The van der Waals surface area contributed by atoms with Crippen LogP contribution in [-0.2, 0) is 11.2 Å². The Hall–Kier alpha value is -3.66. The Balaban J connectivity index is 1.74. The van der Waals surface area contributed by atoms with Crippen molar-refractivity contribution < 1.29 is 9.59 Å². The van der Waals surface area contributed by atoms with Crippen molar-refractivity contribution >= 4 is 17.9 Å². The van der Waals surface area contributed by atoms with Gasteiger partial charge in [0, 0.05) is 12.1 Å². The van der Waals surface area contributed by atoms with Crippen molar-refractivity contribution in [1.82, 2.24) is 10.6 Å². The average Bonchev–Trinajstić information content (AvgIpc) is 2.76. The lowest BCUT2D eigenvalue weighted by molar-refractivity contribution is -0.117. The quantitative estimate of drug-likeness (QED) is 0.579. The smallest absolute Gasteiger partial charge is 0.267 e. The van der Waals surface area contributed by atoms with E-state index in [4.69, 9.17) is 0 Å². The Kier molecular flexibility index (Phi) is 7.17. The topological polar surface area (TPSA) is 58.2 Å². The number of carbonyl (C=O) groups is 2. The molecule has 0 atom stereocenters. The molecule has 152 valence electrons. The number of hydrogen-bond donors (Lipinski definition) is 2. The zero-order valence-corrected chi connectivity index (χ0v) is 17.3. The van der Waals surface area contributed by atoms with Crippen molar-refractivity contribution in [2.75, 3.05) is 6.54 Å².